The molecule has 4 aromatic rings. The molecule has 0 unspecified atom stereocenters. The Kier molecular flexibility index (Phi) is 9.49. The fraction of sp³-hybridized carbons (Fsp3) is 0.111. The van der Waals surface area contributed by atoms with E-state index in [1.165, 1.54) is 0 Å². The van der Waals surface area contributed by atoms with E-state index in [0.29, 0.717) is 11.9 Å². The van der Waals surface area contributed by atoms with Crippen molar-refractivity contribution < 1.29 is 21.0 Å². The molecule has 6 N–H and O–H groups in total. The van der Waals surface area contributed by atoms with Crippen LogP contribution in [0.2, 0.25) is 0 Å². The summed E-state index contributed by atoms with van der Waals surface area (Å²) in [7, 11) is 0. The number of aromatic nitrogens is 8. The molecule has 13 nitrogen and oxygen atoms in total. The number of nitrogens with one attached hydrogen (secondary N) is 2. The van der Waals surface area contributed by atoms with Gasteiger partial charge < -0.3 is 11.5 Å². The number of rotatable bonds is 4. The van der Waals surface area contributed by atoms with Crippen LogP contribution in [0.3, 0.4) is 0 Å². The van der Waals surface area contributed by atoms with Crippen molar-refractivity contribution in [3.8, 4) is 0 Å². The molecule has 0 atom stereocenters. The van der Waals surface area contributed by atoms with Gasteiger partial charge in [-0.1, -0.05) is 12.1 Å². The second kappa shape index (κ2) is 12.6. The molecule has 0 bridgehead atoms. The molecule has 0 aliphatic carbocycles. The number of H-pyrrole nitrogens is 2. The van der Waals surface area contributed by atoms with Gasteiger partial charge in [-0.2, -0.15) is 9.97 Å². The van der Waals surface area contributed by atoms with E-state index in [1.54, 1.807) is 12.4 Å². The van der Waals surface area contributed by atoms with Crippen LogP contribution in [0.15, 0.2) is 58.8 Å². The van der Waals surface area contributed by atoms with Gasteiger partial charge in [-0.25, -0.2) is 20.2 Å². The first-order chi connectivity index (χ1) is 15.5. The maximum absolute atomic E-state index is 8.19. The molecule has 161 valence electrons. The van der Waals surface area contributed by atoms with Crippen LogP contribution in [-0.2, 0) is 21.0 Å². The van der Waals surface area contributed by atoms with Gasteiger partial charge in [0.2, 0.25) is 11.9 Å². The minimum atomic E-state index is 0.252. The monoisotopic (exact) mass is 471 g/mol. The van der Waals surface area contributed by atoms with Crippen LogP contribution in [0, 0.1) is 0 Å². The Bertz CT molecular complexity index is 1070. The molecule has 0 spiro atoms. The molecule has 0 radical (unpaired) electrons. The number of aliphatic imine (C=N–C) groups is 2. The number of nitrogens with zero attached hydrogens (tertiary/aromatic N) is 8. The molecule has 0 aliphatic heterocycles. The summed E-state index contributed by atoms with van der Waals surface area (Å²) >= 11 is 1.06. The second-order valence-corrected chi connectivity index (χ2v) is 5.87. The zero-order valence-corrected chi connectivity index (χ0v) is 18.6. The fourth-order valence-corrected chi connectivity index (χ4v) is 2.20. The number of nitrogen functional groups attached to an aromatic ring is 2. The summed E-state index contributed by atoms with van der Waals surface area (Å²) in [6.07, 6.45) is 3.42. The van der Waals surface area contributed by atoms with E-state index >= 15 is 0 Å². The molecule has 32 heavy (non-hydrogen) atoms. The number of aromatic amines is 2. The van der Waals surface area contributed by atoms with Crippen molar-refractivity contribution in [1.82, 2.24) is 40.3 Å². The Morgan fingerprint density at radius 3 is 1.47 bits per heavy atom. The number of pyridine rings is 2. The van der Waals surface area contributed by atoms with Crippen molar-refractivity contribution in [1.29, 1.82) is 0 Å². The first-order valence-corrected chi connectivity index (χ1v) is 9.55. The quantitative estimate of drug-likeness (QED) is 0.319. The Balaban J connectivity index is 0.000000211. The minimum absolute atomic E-state index is 0.252. The summed E-state index contributed by atoms with van der Waals surface area (Å²) in [4.78, 5) is 24.4. The van der Waals surface area contributed by atoms with Crippen molar-refractivity contribution in [3.05, 3.63) is 60.2 Å². The van der Waals surface area contributed by atoms with E-state index < -0.39 is 0 Å². The molecule has 0 aromatic carbocycles. The fourth-order valence-electron chi connectivity index (χ4n) is 2.20. The SMILES string of the molecule is C/C(=N\c1n[nH]c(N)n1)c1ccccn1.C/C(=N\c1n[nH]c(N)n1)c1ccccn1.[O]=[V+2]. The first kappa shape index (κ1) is 24.2. The van der Waals surface area contributed by atoms with Gasteiger partial charge in [0.05, 0.1) is 22.8 Å². The number of hydrogen-bond acceptors (Lipinski definition) is 11. The van der Waals surface area contributed by atoms with Crippen LogP contribution < -0.4 is 11.5 Å². The van der Waals surface area contributed by atoms with E-state index in [0.717, 1.165) is 40.2 Å². The molecular weight excluding hydrogens is 451 g/mol. The third-order valence-electron chi connectivity index (χ3n) is 3.59. The van der Waals surface area contributed by atoms with Gasteiger partial charge in [-0.05, 0) is 38.1 Å². The molecule has 4 aromatic heterocycles. The van der Waals surface area contributed by atoms with Crippen LogP contribution in [0.5, 0.6) is 0 Å². The number of nitrogens with two attached hydrogens (primary N) is 2. The molecular formula is C18H20N12OV+2. The average Bonchev–Trinajstić information content (AvgIpc) is 3.44. The van der Waals surface area contributed by atoms with Crippen LogP contribution >= 0.6 is 0 Å². The van der Waals surface area contributed by atoms with Gasteiger partial charge in [0.15, 0.2) is 0 Å². The Hall–Kier alpha value is -4.10. The molecule has 0 fully saturated rings. The van der Waals surface area contributed by atoms with Gasteiger partial charge in [-0.15, -0.1) is 10.2 Å². The van der Waals surface area contributed by atoms with Gasteiger partial charge in [0.25, 0.3) is 11.9 Å². The summed E-state index contributed by atoms with van der Waals surface area (Å²) in [5, 5.41) is 12.6. The molecule has 0 amide bonds. The topological polar surface area (TPSA) is 203 Å². The molecule has 4 rings (SSSR count). The number of hydrogen-bond donors (Lipinski definition) is 4. The maximum atomic E-state index is 8.19. The molecule has 0 saturated heterocycles. The number of anilines is 2. The predicted octanol–water partition coefficient (Wildman–Crippen LogP) is 1.72. The Labute approximate surface area is 192 Å². The standard InChI is InChI=1S/2C9H10N6.O.V/c2*1-6(7-4-2-3-5-11-7)12-9-13-8(10)14-15-9;;/h2*2-5H,1H3,(H3,10,13,14,15);;/q;;;+2/b2*12-6+;;. The van der Waals surface area contributed by atoms with Gasteiger partial charge in [0.1, 0.15) is 0 Å². The van der Waals surface area contributed by atoms with Crippen LogP contribution in [0.4, 0.5) is 23.8 Å². The Morgan fingerprint density at radius 1 is 0.781 bits per heavy atom. The third kappa shape index (κ3) is 7.62. The van der Waals surface area contributed by atoms with Crippen LogP contribution in [-0.4, -0.2) is 51.8 Å². The van der Waals surface area contributed by atoms with E-state index in [-0.39, 0.29) is 11.9 Å². The average molecular weight is 471 g/mol. The van der Waals surface area contributed by atoms with Crippen LogP contribution in [0.1, 0.15) is 25.2 Å². The molecule has 0 aliphatic rings. The zero-order valence-electron chi connectivity index (χ0n) is 17.2. The van der Waals surface area contributed by atoms with Crippen molar-refractivity contribution in [2.24, 2.45) is 9.98 Å². The summed E-state index contributed by atoms with van der Waals surface area (Å²) in [6.45, 7) is 3.68. The Morgan fingerprint density at radius 2 is 1.19 bits per heavy atom. The normalized spacial score (nSPS) is 11.1. The van der Waals surface area contributed by atoms with Crippen molar-refractivity contribution in [3.63, 3.8) is 0 Å². The summed E-state index contributed by atoms with van der Waals surface area (Å²) in [5.74, 6) is 1.14. The van der Waals surface area contributed by atoms with Crippen molar-refractivity contribution >= 4 is 35.2 Å². The van der Waals surface area contributed by atoms with Crippen LogP contribution in [0.25, 0.3) is 0 Å². The predicted molar refractivity (Wildman–Crippen MR) is 114 cm³/mol. The van der Waals surface area contributed by atoms with E-state index in [4.69, 9.17) is 15.1 Å². The summed E-state index contributed by atoms with van der Waals surface area (Å²) < 4.78 is 8.19. The second-order valence-electron chi connectivity index (χ2n) is 5.87. The van der Waals surface area contributed by atoms with Gasteiger partial charge in [-0.3, -0.25) is 9.97 Å². The van der Waals surface area contributed by atoms with Gasteiger partial charge in [0, 0.05) is 12.4 Å². The van der Waals surface area contributed by atoms with E-state index in [9.17, 15) is 0 Å². The van der Waals surface area contributed by atoms with E-state index in [2.05, 4.69) is 50.3 Å². The summed E-state index contributed by atoms with van der Waals surface area (Å²) in [5.41, 5.74) is 13.8. The zero-order chi connectivity index (χ0) is 23.3. The van der Waals surface area contributed by atoms with Crippen molar-refractivity contribution in [2.75, 3.05) is 11.5 Å². The first-order valence-electron chi connectivity index (χ1n) is 8.98. The molecule has 14 heteroatoms. The van der Waals surface area contributed by atoms with E-state index in [1.807, 2.05) is 50.2 Å². The van der Waals surface area contributed by atoms with Gasteiger partial charge >= 0.3 is 21.0 Å². The third-order valence-corrected chi connectivity index (χ3v) is 3.59. The molecule has 4 heterocycles. The van der Waals surface area contributed by atoms with Crippen molar-refractivity contribution in [2.45, 2.75) is 13.8 Å². The summed E-state index contributed by atoms with van der Waals surface area (Å²) in [6, 6.07) is 11.2. The molecule has 0 saturated carbocycles.